The minimum atomic E-state index is -0.790. The van der Waals surface area contributed by atoms with E-state index in [1.165, 1.54) is 0 Å². The Morgan fingerprint density at radius 3 is 2.36 bits per heavy atom. The molecule has 0 aliphatic heterocycles. The van der Waals surface area contributed by atoms with Crippen molar-refractivity contribution in [1.82, 2.24) is 5.32 Å². The molecular weight excluding hydrogens is 278 g/mol. The zero-order valence-corrected chi connectivity index (χ0v) is 12.6. The monoisotopic (exact) mass is 299 g/mol. The first kappa shape index (κ1) is 16.0. The summed E-state index contributed by atoms with van der Waals surface area (Å²) < 4.78 is 0. The van der Waals surface area contributed by atoms with Crippen molar-refractivity contribution in [3.05, 3.63) is 65.7 Å². The molecule has 3 N–H and O–H groups in total. The molecule has 0 saturated heterocycles. The molecule has 2 aromatic rings. The van der Waals surface area contributed by atoms with Crippen LogP contribution in [0.5, 0.6) is 5.75 Å². The number of rotatable bonds is 6. The fourth-order valence-electron chi connectivity index (χ4n) is 2.34. The van der Waals surface area contributed by atoms with Crippen molar-refractivity contribution in [1.29, 1.82) is 0 Å². The molecule has 2 aromatic carbocycles. The number of phenolic OH excluding ortho intramolecular Hbond substituents is 1. The van der Waals surface area contributed by atoms with Gasteiger partial charge in [-0.3, -0.25) is 4.79 Å². The summed E-state index contributed by atoms with van der Waals surface area (Å²) in [6.07, 6.45) is -0.0701. The standard InChI is InChI=1S/C18H21NO3/c1-13(11-14-7-9-16(20)10-8-14)19-18(22)12-17(21)15-5-3-2-4-6-15/h2-10,13,17,20-21H,11-12H2,1H3,(H,19,22). The number of aliphatic hydroxyl groups is 1. The van der Waals surface area contributed by atoms with Gasteiger partial charge in [-0.1, -0.05) is 42.5 Å². The molecule has 0 aromatic heterocycles. The predicted octanol–water partition coefficient (Wildman–Crippen LogP) is 2.56. The fourth-order valence-corrected chi connectivity index (χ4v) is 2.34. The number of benzene rings is 2. The van der Waals surface area contributed by atoms with Gasteiger partial charge >= 0.3 is 0 Å². The topological polar surface area (TPSA) is 69.6 Å². The molecule has 0 radical (unpaired) electrons. The van der Waals surface area contributed by atoms with Crippen LogP contribution in [0.3, 0.4) is 0 Å². The van der Waals surface area contributed by atoms with Gasteiger partial charge in [0.15, 0.2) is 0 Å². The Hall–Kier alpha value is -2.33. The summed E-state index contributed by atoms with van der Waals surface area (Å²) >= 11 is 0. The Kier molecular flexibility index (Phi) is 5.55. The van der Waals surface area contributed by atoms with Crippen LogP contribution in [0, 0.1) is 0 Å². The first-order valence-corrected chi connectivity index (χ1v) is 7.35. The highest BCUT2D eigenvalue weighted by Crippen LogP contribution is 2.16. The largest absolute Gasteiger partial charge is 0.508 e. The van der Waals surface area contributed by atoms with E-state index in [4.69, 9.17) is 0 Å². The van der Waals surface area contributed by atoms with Crippen LogP contribution >= 0.6 is 0 Å². The van der Waals surface area contributed by atoms with Gasteiger partial charge in [0, 0.05) is 6.04 Å². The predicted molar refractivity (Wildman–Crippen MR) is 85.4 cm³/mol. The van der Waals surface area contributed by atoms with Crippen molar-refractivity contribution < 1.29 is 15.0 Å². The highest BCUT2D eigenvalue weighted by Gasteiger charge is 2.14. The summed E-state index contributed by atoms with van der Waals surface area (Å²) in [4.78, 5) is 12.0. The molecule has 0 fully saturated rings. The number of phenols is 1. The molecule has 0 aliphatic rings. The Morgan fingerprint density at radius 2 is 1.73 bits per heavy atom. The van der Waals surface area contributed by atoms with Gasteiger partial charge in [0.1, 0.15) is 5.75 Å². The van der Waals surface area contributed by atoms with Crippen molar-refractivity contribution >= 4 is 5.91 Å². The summed E-state index contributed by atoms with van der Waals surface area (Å²) in [6, 6.07) is 16.0. The molecule has 0 spiro atoms. The third-order valence-electron chi connectivity index (χ3n) is 3.45. The molecular formula is C18H21NO3. The third-order valence-corrected chi connectivity index (χ3v) is 3.45. The van der Waals surface area contributed by atoms with Crippen LogP contribution in [0.4, 0.5) is 0 Å². The number of aromatic hydroxyl groups is 1. The summed E-state index contributed by atoms with van der Waals surface area (Å²) in [5.41, 5.74) is 1.78. The van der Waals surface area contributed by atoms with E-state index in [1.807, 2.05) is 37.3 Å². The lowest BCUT2D eigenvalue weighted by Crippen LogP contribution is -2.34. The molecule has 4 heteroatoms. The number of carbonyl (C=O) groups excluding carboxylic acids is 1. The van der Waals surface area contributed by atoms with E-state index in [-0.39, 0.29) is 24.1 Å². The number of nitrogens with one attached hydrogen (secondary N) is 1. The average molecular weight is 299 g/mol. The van der Waals surface area contributed by atoms with E-state index in [0.717, 1.165) is 11.1 Å². The number of hydrogen-bond donors (Lipinski definition) is 3. The minimum Gasteiger partial charge on any atom is -0.508 e. The van der Waals surface area contributed by atoms with Gasteiger partial charge in [-0.05, 0) is 36.6 Å². The second-order valence-corrected chi connectivity index (χ2v) is 5.47. The normalized spacial score (nSPS) is 13.4. The second kappa shape index (κ2) is 7.61. The van der Waals surface area contributed by atoms with Crippen LogP contribution in [-0.4, -0.2) is 22.2 Å². The van der Waals surface area contributed by atoms with Gasteiger partial charge in [0.2, 0.25) is 5.91 Å². The lowest BCUT2D eigenvalue weighted by atomic mass is 10.0. The lowest BCUT2D eigenvalue weighted by molar-refractivity contribution is -0.123. The van der Waals surface area contributed by atoms with Crippen LogP contribution in [0.1, 0.15) is 30.6 Å². The molecule has 0 bridgehead atoms. The fraction of sp³-hybridized carbons (Fsp3) is 0.278. The summed E-state index contributed by atoms with van der Waals surface area (Å²) in [6.45, 7) is 1.92. The Labute approximate surface area is 130 Å². The van der Waals surface area contributed by atoms with Crippen LogP contribution in [-0.2, 0) is 11.2 Å². The molecule has 22 heavy (non-hydrogen) atoms. The average Bonchev–Trinajstić information content (AvgIpc) is 2.50. The van der Waals surface area contributed by atoms with Crippen molar-refractivity contribution in [2.75, 3.05) is 0 Å². The maximum absolute atomic E-state index is 12.0. The maximum atomic E-state index is 12.0. The van der Waals surface area contributed by atoms with Gasteiger partial charge in [-0.2, -0.15) is 0 Å². The zero-order valence-electron chi connectivity index (χ0n) is 12.6. The van der Waals surface area contributed by atoms with Crippen LogP contribution in [0.2, 0.25) is 0 Å². The van der Waals surface area contributed by atoms with E-state index in [0.29, 0.717) is 6.42 Å². The highest BCUT2D eigenvalue weighted by molar-refractivity contribution is 5.77. The number of carbonyl (C=O) groups is 1. The number of aliphatic hydroxyl groups excluding tert-OH is 1. The number of hydrogen-bond acceptors (Lipinski definition) is 3. The Bertz CT molecular complexity index is 595. The van der Waals surface area contributed by atoms with Gasteiger partial charge in [0.25, 0.3) is 0 Å². The molecule has 1 amide bonds. The van der Waals surface area contributed by atoms with E-state index >= 15 is 0 Å². The molecule has 2 rings (SSSR count). The first-order valence-electron chi connectivity index (χ1n) is 7.35. The summed E-state index contributed by atoms with van der Waals surface area (Å²) in [5.74, 6) is 0.0500. The van der Waals surface area contributed by atoms with Crippen LogP contribution < -0.4 is 5.32 Å². The first-order chi connectivity index (χ1) is 10.5. The van der Waals surface area contributed by atoms with Crippen molar-refractivity contribution in [3.8, 4) is 5.75 Å². The second-order valence-electron chi connectivity index (χ2n) is 5.47. The Morgan fingerprint density at radius 1 is 1.09 bits per heavy atom. The van der Waals surface area contributed by atoms with Crippen LogP contribution in [0.25, 0.3) is 0 Å². The van der Waals surface area contributed by atoms with E-state index < -0.39 is 6.10 Å². The van der Waals surface area contributed by atoms with Crippen molar-refractivity contribution in [2.24, 2.45) is 0 Å². The smallest absolute Gasteiger partial charge is 0.223 e. The quantitative estimate of drug-likeness (QED) is 0.768. The Balaban J connectivity index is 1.82. The van der Waals surface area contributed by atoms with E-state index in [2.05, 4.69) is 5.32 Å². The molecule has 2 unspecified atom stereocenters. The summed E-state index contributed by atoms with van der Waals surface area (Å²) in [5, 5.41) is 22.2. The molecule has 0 saturated carbocycles. The zero-order chi connectivity index (χ0) is 15.9. The summed E-state index contributed by atoms with van der Waals surface area (Å²) in [7, 11) is 0. The highest BCUT2D eigenvalue weighted by atomic mass is 16.3. The molecule has 0 heterocycles. The van der Waals surface area contributed by atoms with Gasteiger partial charge in [-0.15, -0.1) is 0 Å². The van der Waals surface area contributed by atoms with Gasteiger partial charge < -0.3 is 15.5 Å². The molecule has 116 valence electrons. The number of amides is 1. The molecule has 2 atom stereocenters. The third kappa shape index (κ3) is 4.90. The van der Waals surface area contributed by atoms with Crippen molar-refractivity contribution in [3.63, 3.8) is 0 Å². The van der Waals surface area contributed by atoms with Gasteiger partial charge in [0.05, 0.1) is 12.5 Å². The van der Waals surface area contributed by atoms with E-state index in [9.17, 15) is 15.0 Å². The lowest BCUT2D eigenvalue weighted by Gasteiger charge is -2.16. The molecule has 0 aliphatic carbocycles. The van der Waals surface area contributed by atoms with Crippen molar-refractivity contribution in [2.45, 2.75) is 31.9 Å². The molecule has 4 nitrogen and oxygen atoms in total. The minimum absolute atomic E-state index is 0.0417. The maximum Gasteiger partial charge on any atom is 0.223 e. The van der Waals surface area contributed by atoms with Crippen LogP contribution in [0.15, 0.2) is 54.6 Å². The van der Waals surface area contributed by atoms with E-state index in [1.54, 1.807) is 24.3 Å². The SMILES string of the molecule is CC(Cc1ccc(O)cc1)NC(=O)CC(O)c1ccccc1. The van der Waals surface area contributed by atoms with Gasteiger partial charge in [-0.25, -0.2) is 0 Å².